The van der Waals surface area contributed by atoms with Gasteiger partial charge in [0.2, 0.25) is 5.91 Å². The second kappa shape index (κ2) is 4.10. The Morgan fingerprint density at radius 3 is 2.53 bits per heavy atom. The molecule has 1 aliphatic rings. The van der Waals surface area contributed by atoms with E-state index in [-0.39, 0.29) is 23.6 Å². The molecule has 0 aromatic rings. The van der Waals surface area contributed by atoms with E-state index in [9.17, 15) is 4.79 Å². The van der Waals surface area contributed by atoms with E-state index in [1.54, 1.807) is 7.11 Å². The highest BCUT2D eigenvalue weighted by molar-refractivity contribution is 5.78. The van der Waals surface area contributed by atoms with Crippen molar-refractivity contribution in [3.63, 3.8) is 0 Å². The molecular weight excluding hydrogens is 192 g/mol. The third-order valence-electron chi connectivity index (χ3n) is 2.85. The molecule has 0 unspecified atom stereocenters. The van der Waals surface area contributed by atoms with Crippen molar-refractivity contribution in [2.45, 2.75) is 38.8 Å². The Kier molecular flexibility index (Phi) is 3.41. The molecule has 0 aromatic heterocycles. The lowest BCUT2D eigenvalue weighted by molar-refractivity contribution is -0.144. The Hall–Kier alpha value is -0.610. The van der Waals surface area contributed by atoms with Gasteiger partial charge in [0.1, 0.15) is 6.61 Å². The van der Waals surface area contributed by atoms with Crippen LogP contribution < -0.4 is 5.32 Å². The fourth-order valence-corrected chi connectivity index (χ4v) is 1.84. The maximum absolute atomic E-state index is 11.9. The van der Waals surface area contributed by atoms with Crippen LogP contribution in [-0.4, -0.2) is 48.7 Å². The van der Waals surface area contributed by atoms with Gasteiger partial charge in [-0.2, -0.15) is 0 Å². The van der Waals surface area contributed by atoms with Gasteiger partial charge in [0.25, 0.3) is 0 Å². The quantitative estimate of drug-likeness (QED) is 0.733. The first-order valence-electron chi connectivity index (χ1n) is 5.33. The average Bonchev–Trinajstić information content (AvgIpc) is 2.10. The number of methoxy groups -OCH3 is 1. The van der Waals surface area contributed by atoms with Gasteiger partial charge < -0.3 is 15.0 Å². The van der Waals surface area contributed by atoms with Gasteiger partial charge in [-0.25, -0.2) is 0 Å². The average molecular weight is 214 g/mol. The molecule has 4 heteroatoms. The summed E-state index contributed by atoms with van der Waals surface area (Å²) in [4.78, 5) is 13.8. The molecule has 0 atom stereocenters. The maximum atomic E-state index is 11.9. The number of hydrogen-bond acceptors (Lipinski definition) is 3. The van der Waals surface area contributed by atoms with Crippen molar-refractivity contribution in [2.24, 2.45) is 0 Å². The lowest BCUT2D eigenvalue weighted by atomic mass is 9.91. The predicted molar refractivity (Wildman–Crippen MR) is 59.7 cm³/mol. The van der Waals surface area contributed by atoms with Crippen molar-refractivity contribution in [2.75, 3.05) is 26.8 Å². The van der Waals surface area contributed by atoms with Crippen molar-refractivity contribution in [3.05, 3.63) is 0 Å². The maximum Gasteiger partial charge on any atom is 0.249 e. The molecule has 0 bridgehead atoms. The van der Waals surface area contributed by atoms with Gasteiger partial charge >= 0.3 is 0 Å². The van der Waals surface area contributed by atoms with Gasteiger partial charge in [-0.1, -0.05) is 0 Å². The van der Waals surface area contributed by atoms with E-state index in [2.05, 4.69) is 33.0 Å². The third-order valence-corrected chi connectivity index (χ3v) is 2.85. The SMILES string of the molecule is COCC(=O)N1CC(C)(C)NCC1(C)C. The Balaban J connectivity index is 2.77. The van der Waals surface area contributed by atoms with Gasteiger partial charge in [-0.05, 0) is 27.7 Å². The number of ether oxygens (including phenoxy) is 1. The zero-order valence-corrected chi connectivity index (χ0v) is 10.4. The lowest BCUT2D eigenvalue weighted by Crippen LogP contribution is -2.67. The van der Waals surface area contributed by atoms with Crippen LogP contribution in [0.1, 0.15) is 27.7 Å². The van der Waals surface area contributed by atoms with Crippen LogP contribution in [0.3, 0.4) is 0 Å². The highest BCUT2D eigenvalue weighted by Crippen LogP contribution is 2.23. The van der Waals surface area contributed by atoms with E-state index in [1.165, 1.54) is 0 Å². The number of nitrogens with one attached hydrogen (secondary N) is 1. The number of hydrogen-bond donors (Lipinski definition) is 1. The number of rotatable bonds is 2. The zero-order chi connectivity index (χ0) is 11.7. The molecule has 88 valence electrons. The first-order chi connectivity index (χ1) is 6.78. The number of nitrogens with zero attached hydrogens (tertiary/aromatic N) is 1. The molecule has 0 radical (unpaired) electrons. The highest BCUT2D eigenvalue weighted by atomic mass is 16.5. The van der Waals surface area contributed by atoms with Crippen molar-refractivity contribution >= 4 is 5.91 Å². The fourth-order valence-electron chi connectivity index (χ4n) is 1.84. The molecule has 1 fully saturated rings. The minimum Gasteiger partial charge on any atom is -0.375 e. The molecular formula is C11H22N2O2. The second-order valence-corrected chi connectivity index (χ2v) is 5.46. The highest BCUT2D eigenvalue weighted by Gasteiger charge is 2.39. The molecule has 1 N–H and O–H groups in total. The van der Waals surface area contributed by atoms with Gasteiger partial charge in [-0.15, -0.1) is 0 Å². The van der Waals surface area contributed by atoms with Crippen LogP contribution in [0.2, 0.25) is 0 Å². The largest absolute Gasteiger partial charge is 0.375 e. The standard InChI is InChI=1S/C11H22N2O2/c1-10(2)8-13(9(14)6-15-5)11(3,4)7-12-10/h12H,6-8H2,1-5H3. The Labute approximate surface area is 92.0 Å². The van der Waals surface area contributed by atoms with Gasteiger partial charge in [0.05, 0.1) is 0 Å². The molecule has 15 heavy (non-hydrogen) atoms. The van der Waals surface area contributed by atoms with Crippen molar-refractivity contribution < 1.29 is 9.53 Å². The Bertz CT molecular complexity index is 249. The molecule has 1 saturated heterocycles. The molecule has 1 amide bonds. The van der Waals surface area contributed by atoms with Crippen molar-refractivity contribution in [1.82, 2.24) is 10.2 Å². The van der Waals surface area contributed by atoms with E-state index in [1.807, 2.05) is 4.90 Å². The Morgan fingerprint density at radius 2 is 2.00 bits per heavy atom. The summed E-state index contributed by atoms with van der Waals surface area (Å²) in [5.74, 6) is 0.0667. The first-order valence-corrected chi connectivity index (χ1v) is 5.33. The molecule has 1 heterocycles. The summed E-state index contributed by atoms with van der Waals surface area (Å²) in [5, 5.41) is 3.44. The van der Waals surface area contributed by atoms with Crippen molar-refractivity contribution in [1.29, 1.82) is 0 Å². The second-order valence-electron chi connectivity index (χ2n) is 5.46. The minimum absolute atomic E-state index is 0.0150. The van der Waals surface area contributed by atoms with E-state index in [0.717, 1.165) is 13.1 Å². The number of amides is 1. The number of piperazine rings is 1. The van der Waals surface area contributed by atoms with Crippen LogP contribution in [0.4, 0.5) is 0 Å². The van der Waals surface area contributed by atoms with Gasteiger partial charge in [0.15, 0.2) is 0 Å². The van der Waals surface area contributed by atoms with Crippen molar-refractivity contribution in [3.8, 4) is 0 Å². The molecule has 4 nitrogen and oxygen atoms in total. The summed E-state index contributed by atoms with van der Waals surface area (Å²) in [6.45, 7) is 10.1. The lowest BCUT2D eigenvalue weighted by Gasteiger charge is -2.49. The predicted octanol–water partition coefficient (Wildman–Crippen LogP) is 0.622. The topological polar surface area (TPSA) is 41.6 Å². The molecule has 1 rings (SSSR count). The third kappa shape index (κ3) is 2.92. The van der Waals surface area contributed by atoms with Crippen LogP contribution in [0.25, 0.3) is 0 Å². The molecule has 1 aliphatic heterocycles. The molecule has 0 aliphatic carbocycles. The summed E-state index contributed by atoms with van der Waals surface area (Å²) in [7, 11) is 1.55. The fraction of sp³-hybridized carbons (Fsp3) is 0.909. The van der Waals surface area contributed by atoms with Crippen LogP contribution in [0.15, 0.2) is 0 Å². The molecule has 0 spiro atoms. The summed E-state index contributed by atoms with van der Waals surface area (Å²) in [6.07, 6.45) is 0. The van der Waals surface area contributed by atoms with E-state index >= 15 is 0 Å². The van der Waals surface area contributed by atoms with Crippen LogP contribution >= 0.6 is 0 Å². The monoisotopic (exact) mass is 214 g/mol. The normalized spacial score (nSPS) is 23.9. The molecule has 0 aromatic carbocycles. The van der Waals surface area contributed by atoms with E-state index in [4.69, 9.17) is 4.74 Å². The van der Waals surface area contributed by atoms with Crippen LogP contribution in [-0.2, 0) is 9.53 Å². The summed E-state index contributed by atoms with van der Waals surface area (Å²) >= 11 is 0. The summed E-state index contributed by atoms with van der Waals surface area (Å²) in [5.41, 5.74) is -0.149. The van der Waals surface area contributed by atoms with Crippen LogP contribution in [0, 0.1) is 0 Å². The van der Waals surface area contributed by atoms with E-state index < -0.39 is 0 Å². The summed E-state index contributed by atoms with van der Waals surface area (Å²) < 4.78 is 4.91. The smallest absolute Gasteiger partial charge is 0.249 e. The zero-order valence-electron chi connectivity index (χ0n) is 10.4. The van der Waals surface area contributed by atoms with Gasteiger partial charge in [-0.3, -0.25) is 4.79 Å². The summed E-state index contributed by atoms with van der Waals surface area (Å²) in [6, 6.07) is 0. The van der Waals surface area contributed by atoms with Gasteiger partial charge in [0, 0.05) is 31.3 Å². The number of carbonyl (C=O) groups excluding carboxylic acids is 1. The molecule has 0 saturated carbocycles. The number of carbonyl (C=O) groups is 1. The minimum atomic E-state index is -0.134. The Morgan fingerprint density at radius 1 is 1.40 bits per heavy atom. The van der Waals surface area contributed by atoms with Crippen LogP contribution in [0.5, 0.6) is 0 Å². The van der Waals surface area contributed by atoms with E-state index in [0.29, 0.717) is 0 Å². The first kappa shape index (κ1) is 12.5.